The minimum atomic E-state index is -0.421. The maximum atomic E-state index is 11.8. The fourth-order valence-corrected chi connectivity index (χ4v) is 2.32. The molecule has 5 nitrogen and oxygen atoms in total. The molecule has 0 aliphatic rings. The van der Waals surface area contributed by atoms with Crippen molar-refractivity contribution in [2.75, 3.05) is 33.9 Å². The molecule has 0 saturated heterocycles. The maximum Gasteiger partial charge on any atom is 0.306 e. The summed E-state index contributed by atoms with van der Waals surface area (Å²) in [6.07, 6.45) is 1.21. The van der Waals surface area contributed by atoms with Crippen LogP contribution in [0.3, 0.4) is 0 Å². The SMILES string of the molecule is COCCN(CCCC(=O)OC(C)(C)C)Cc1ccc(OC)cc1. The molecule has 0 aromatic heterocycles. The van der Waals surface area contributed by atoms with Crippen LogP contribution in [0.4, 0.5) is 0 Å². The molecule has 1 aromatic rings. The smallest absolute Gasteiger partial charge is 0.306 e. The summed E-state index contributed by atoms with van der Waals surface area (Å²) in [7, 11) is 3.36. The third kappa shape index (κ3) is 8.89. The highest BCUT2D eigenvalue weighted by Crippen LogP contribution is 2.14. The summed E-state index contributed by atoms with van der Waals surface area (Å²) in [6.45, 7) is 8.81. The molecular weight excluding hydrogens is 306 g/mol. The van der Waals surface area contributed by atoms with E-state index >= 15 is 0 Å². The highest BCUT2D eigenvalue weighted by molar-refractivity contribution is 5.69. The van der Waals surface area contributed by atoms with Crippen molar-refractivity contribution in [2.45, 2.75) is 45.8 Å². The van der Waals surface area contributed by atoms with Crippen molar-refractivity contribution in [2.24, 2.45) is 0 Å². The first-order valence-electron chi connectivity index (χ1n) is 8.40. The lowest BCUT2D eigenvalue weighted by Gasteiger charge is -2.23. The Morgan fingerprint density at radius 2 is 1.75 bits per heavy atom. The highest BCUT2D eigenvalue weighted by Gasteiger charge is 2.16. The first-order valence-corrected chi connectivity index (χ1v) is 8.40. The Hall–Kier alpha value is -1.59. The van der Waals surface area contributed by atoms with Crippen LogP contribution in [0.1, 0.15) is 39.2 Å². The molecular formula is C19H31NO4. The van der Waals surface area contributed by atoms with Gasteiger partial charge in [0.2, 0.25) is 0 Å². The maximum absolute atomic E-state index is 11.8. The number of hydrogen-bond donors (Lipinski definition) is 0. The van der Waals surface area contributed by atoms with Crippen LogP contribution in [0.5, 0.6) is 5.75 Å². The van der Waals surface area contributed by atoms with Crippen molar-refractivity contribution >= 4 is 5.97 Å². The molecule has 0 aliphatic heterocycles. The Balaban J connectivity index is 2.47. The van der Waals surface area contributed by atoms with Crippen molar-refractivity contribution < 1.29 is 19.0 Å². The largest absolute Gasteiger partial charge is 0.497 e. The van der Waals surface area contributed by atoms with Gasteiger partial charge in [-0.1, -0.05) is 12.1 Å². The van der Waals surface area contributed by atoms with Crippen LogP contribution in [0, 0.1) is 0 Å². The molecule has 1 rings (SSSR count). The van der Waals surface area contributed by atoms with E-state index < -0.39 is 5.60 Å². The molecule has 0 bridgehead atoms. The van der Waals surface area contributed by atoms with E-state index in [4.69, 9.17) is 14.2 Å². The number of methoxy groups -OCH3 is 2. The van der Waals surface area contributed by atoms with E-state index in [2.05, 4.69) is 17.0 Å². The molecule has 0 heterocycles. The monoisotopic (exact) mass is 337 g/mol. The van der Waals surface area contributed by atoms with Crippen molar-refractivity contribution in [1.29, 1.82) is 0 Å². The number of rotatable bonds is 10. The van der Waals surface area contributed by atoms with E-state index in [1.807, 2.05) is 32.9 Å². The average Bonchev–Trinajstić information content (AvgIpc) is 2.51. The minimum absolute atomic E-state index is 0.140. The number of nitrogens with zero attached hydrogens (tertiary/aromatic N) is 1. The Morgan fingerprint density at radius 3 is 2.29 bits per heavy atom. The van der Waals surface area contributed by atoms with E-state index in [-0.39, 0.29) is 5.97 Å². The summed E-state index contributed by atoms with van der Waals surface area (Å²) < 4.78 is 15.7. The zero-order valence-corrected chi connectivity index (χ0v) is 15.6. The minimum Gasteiger partial charge on any atom is -0.497 e. The second-order valence-corrected chi connectivity index (χ2v) is 6.81. The number of hydrogen-bond acceptors (Lipinski definition) is 5. The zero-order chi connectivity index (χ0) is 18.0. The molecule has 1 aromatic carbocycles. The van der Waals surface area contributed by atoms with Gasteiger partial charge < -0.3 is 14.2 Å². The van der Waals surface area contributed by atoms with Crippen LogP contribution in [-0.4, -0.2) is 50.4 Å². The summed E-state index contributed by atoms with van der Waals surface area (Å²) >= 11 is 0. The lowest BCUT2D eigenvalue weighted by Crippen LogP contribution is -2.29. The summed E-state index contributed by atoms with van der Waals surface area (Å²) in [4.78, 5) is 14.1. The summed E-state index contributed by atoms with van der Waals surface area (Å²) in [6, 6.07) is 8.05. The average molecular weight is 337 g/mol. The molecule has 0 radical (unpaired) electrons. The number of carbonyl (C=O) groups excluding carboxylic acids is 1. The zero-order valence-electron chi connectivity index (χ0n) is 15.6. The topological polar surface area (TPSA) is 48.0 Å². The number of esters is 1. The van der Waals surface area contributed by atoms with Gasteiger partial charge in [0.05, 0.1) is 13.7 Å². The highest BCUT2D eigenvalue weighted by atomic mass is 16.6. The third-order valence-corrected chi connectivity index (χ3v) is 3.45. The number of ether oxygens (including phenoxy) is 3. The summed E-state index contributed by atoms with van der Waals surface area (Å²) in [5, 5.41) is 0. The molecule has 0 unspecified atom stereocenters. The van der Waals surface area contributed by atoms with Gasteiger partial charge in [0.1, 0.15) is 11.4 Å². The van der Waals surface area contributed by atoms with Gasteiger partial charge >= 0.3 is 5.97 Å². The Bertz CT molecular complexity index is 479. The van der Waals surface area contributed by atoms with Gasteiger partial charge in [0.15, 0.2) is 0 Å². The Labute approximate surface area is 145 Å². The predicted molar refractivity (Wildman–Crippen MR) is 95.2 cm³/mol. The molecule has 0 fully saturated rings. The van der Waals surface area contributed by atoms with Crippen molar-refractivity contribution in [3.05, 3.63) is 29.8 Å². The van der Waals surface area contributed by atoms with E-state index in [9.17, 15) is 4.79 Å². The predicted octanol–water partition coefficient (Wildman–Crippen LogP) is 3.27. The standard InChI is InChI=1S/C19H31NO4/c1-19(2,3)24-18(21)7-6-12-20(13-14-22-4)15-16-8-10-17(23-5)11-9-16/h8-11H,6-7,12-15H2,1-5H3. The Morgan fingerprint density at radius 1 is 1.08 bits per heavy atom. The fourth-order valence-electron chi connectivity index (χ4n) is 2.32. The van der Waals surface area contributed by atoms with Crippen molar-refractivity contribution in [3.8, 4) is 5.75 Å². The normalized spacial score (nSPS) is 11.6. The van der Waals surface area contributed by atoms with E-state index in [1.54, 1.807) is 14.2 Å². The summed E-state index contributed by atoms with van der Waals surface area (Å²) in [5.74, 6) is 0.714. The van der Waals surface area contributed by atoms with Gasteiger partial charge in [-0.05, 0) is 51.4 Å². The molecule has 5 heteroatoms. The fraction of sp³-hybridized carbons (Fsp3) is 0.632. The first-order chi connectivity index (χ1) is 11.3. The third-order valence-electron chi connectivity index (χ3n) is 3.45. The molecule has 0 aliphatic carbocycles. The molecule has 0 atom stereocenters. The second kappa shape index (κ2) is 10.3. The quantitative estimate of drug-likeness (QED) is 0.613. The van der Waals surface area contributed by atoms with Crippen LogP contribution in [0.25, 0.3) is 0 Å². The lowest BCUT2D eigenvalue weighted by molar-refractivity contribution is -0.155. The van der Waals surface area contributed by atoms with Crippen molar-refractivity contribution in [3.63, 3.8) is 0 Å². The molecule has 0 spiro atoms. The Kier molecular flexibility index (Phi) is 8.79. The van der Waals surface area contributed by atoms with Crippen LogP contribution in [-0.2, 0) is 20.8 Å². The van der Waals surface area contributed by atoms with Crippen LogP contribution >= 0.6 is 0 Å². The molecule has 0 amide bonds. The van der Waals surface area contributed by atoms with Gasteiger partial charge in [-0.2, -0.15) is 0 Å². The lowest BCUT2D eigenvalue weighted by atomic mass is 10.2. The van der Waals surface area contributed by atoms with Gasteiger partial charge in [-0.15, -0.1) is 0 Å². The molecule has 136 valence electrons. The molecule has 0 saturated carbocycles. The van der Waals surface area contributed by atoms with Gasteiger partial charge in [0, 0.05) is 26.6 Å². The summed E-state index contributed by atoms with van der Waals surface area (Å²) in [5.41, 5.74) is 0.791. The van der Waals surface area contributed by atoms with E-state index in [1.165, 1.54) is 5.56 Å². The van der Waals surface area contributed by atoms with Gasteiger partial charge in [-0.3, -0.25) is 9.69 Å². The van der Waals surface area contributed by atoms with E-state index in [0.717, 1.165) is 31.8 Å². The first kappa shape index (κ1) is 20.5. The number of benzene rings is 1. The van der Waals surface area contributed by atoms with Crippen LogP contribution in [0.15, 0.2) is 24.3 Å². The molecule has 24 heavy (non-hydrogen) atoms. The van der Waals surface area contributed by atoms with Gasteiger partial charge in [-0.25, -0.2) is 0 Å². The molecule has 0 N–H and O–H groups in total. The van der Waals surface area contributed by atoms with Crippen LogP contribution in [0.2, 0.25) is 0 Å². The second-order valence-electron chi connectivity index (χ2n) is 6.81. The van der Waals surface area contributed by atoms with Crippen molar-refractivity contribution in [1.82, 2.24) is 4.90 Å². The van der Waals surface area contributed by atoms with E-state index in [0.29, 0.717) is 13.0 Å². The van der Waals surface area contributed by atoms with Gasteiger partial charge in [0.25, 0.3) is 0 Å². The number of carbonyl (C=O) groups is 1. The van der Waals surface area contributed by atoms with Crippen LogP contribution < -0.4 is 4.74 Å².